The molecule has 0 heterocycles. The third-order valence-electron chi connectivity index (χ3n) is 15.2. The van der Waals surface area contributed by atoms with Gasteiger partial charge in [-0.1, -0.05) is 321 Å². The van der Waals surface area contributed by atoms with Gasteiger partial charge in [0.2, 0.25) is 5.91 Å². The predicted octanol–water partition coefficient (Wildman–Crippen LogP) is 20.6. The lowest BCUT2D eigenvalue weighted by molar-refractivity contribution is -0.143. The molecule has 6 heteroatoms. The van der Waals surface area contributed by atoms with Crippen LogP contribution in [0.4, 0.5) is 0 Å². The van der Waals surface area contributed by atoms with E-state index in [1.807, 2.05) is 0 Å². The first kappa shape index (κ1) is 70.3. The molecule has 0 aromatic heterocycles. The number of ether oxygens (including phenoxy) is 1. The van der Waals surface area contributed by atoms with Crippen LogP contribution in [0.15, 0.2) is 24.3 Å². The number of hydrogen-bond acceptors (Lipinski definition) is 5. The molecule has 0 bridgehead atoms. The number of carbonyl (C=O) groups is 2. The first-order chi connectivity index (χ1) is 35.5. The Morgan fingerprint density at radius 1 is 0.389 bits per heavy atom. The Morgan fingerprint density at radius 2 is 0.722 bits per heavy atom. The fourth-order valence-corrected chi connectivity index (χ4v) is 10.3. The van der Waals surface area contributed by atoms with E-state index in [1.54, 1.807) is 0 Å². The molecular formula is C66H127NO5. The second-order valence-corrected chi connectivity index (χ2v) is 22.5. The number of amides is 1. The van der Waals surface area contributed by atoms with Gasteiger partial charge in [-0.3, -0.25) is 9.59 Å². The van der Waals surface area contributed by atoms with E-state index in [1.165, 1.54) is 276 Å². The van der Waals surface area contributed by atoms with Gasteiger partial charge in [-0.05, 0) is 51.4 Å². The monoisotopic (exact) mass is 1010 g/mol. The molecule has 6 nitrogen and oxygen atoms in total. The smallest absolute Gasteiger partial charge is 0.305 e. The lowest BCUT2D eigenvalue weighted by atomic mass is 10.0. The van der Waals surface area contributed by atoms with Crippen LogP contribution in [-0.2, 0) is 14.3 Å². The summed E-state index contributed by atoms with van der Waals surface area (Å²) >= 11 is 0. The molecule has 72 heavy (non-hydrogen) atoms. The van der Waals surface area contributed by atoms with E-state index in [-0.39, 0.29) is 18.5 Å². The molecule has 0 saturated heterocycles. The van der Waals surface area contributed by atoms with Crippen molar-refractivity contribution < 1.29 is 24.5 Å². The van der Waals surface area contributed by atoms with Crippen molar-refractivity contribution in [2.24, 2.45) is 0 Å². The Kier molecular flexibility index (Phi) is 60.5. The van der Waals surface area contributed by atoms with E-state index in [2.05, 4.69) is 43.5 Å². The van der Waals surface area contributed by atoms with Crippen molar-refractivity contribution in [1.29, 1.82) is 0 Å². The summed E-state index contributed by atoms with van der Waals surface area (Å²) in [4.78, 5) is 24.6. The Bertz CT molecular complexity index is 1120. The standard InChI is InChI=1S/C66H127NO5/c1-3-5-7-9-11-13-15-17-18-19-20-21-22-25-28-31-35-38-42-46-50-54-58-64(69)63(62-68)67-65(70)59-55-51-47-43-39-36-32-29-26-23-24-27-30-33-37-41-45-49-53-57-61-72-66(71)60-56-52-48-44-40-34-16-14-12-10-8-6-4-2/h8,10,14,16,63-64,68-69H,3-7,9,11-13,15,17-62H2,1-2H3,(H,67,70)/b10-8-,16-14-. The number of rotatable bonds is 61. The van der Waals surface area contributed by atoms with Crippen molar-refractivity contribution in [1.82, 2.24) is 5.32 Å². The SMILES string of the molecule is CCC/C=C\C/C=C\CCCCCCCC(=O)OCCCCCCCCCCCCCCCCCCCCCCC(=O)NC(CO)C(O)CCCCCCCCCCCCCCCCCCCCCCCC. The van der Waals surface area contributed by atoms with Crippen LogP contribution in [0.3, 0.4) is 0 Å². The predicted molar refractivity (Wildman–Crippen MR) is 315 cm³/mol. The van der Waals surface area contributed by atoms with Crippen molar-refractivity contribution in [2.75, 3.05) is 13.2 Å². The van der Waals surface area contributed by atoms with E-state index in [4.69, 9.17) is 4.74 Å². The van der Waals surface area contributed by atoms with Crippen LogP contribution in [0, 0.1) is 0 Å². The Hall–Kier alpha value is -1.66. The molecule has 426 valence electrons. The number of aliphatic hydroxyl groups is 2. The second kappa shape index (κ2) is 61.9. The lowest BCUT2D eigenvalue weighted by Crippen LogP contribution is -2.45. The molecule has 0 aliphatic rings. The highest BCUT2D eigenvalue weighted by Gasteiger charge is 2.20. The van der Waals surface area contributed by atoms with Gasteiger partial charge in [0, 0.05) is 12.8 Å². The average molecular weight is 1010 g/mol. The summed E-state index contributed by atoms with van der Waals surface area (Å²) < 4.78 is 5.47. The topological polar surface area (TPSA) is 95.9 Å². The van der Waals surface area contributed by atoms with Gasteiger partial charge in [0.1, 0.15) is 0 Å². The number of carbonyl (C=O) groups excluding carboxylic acids is 2. The summed E-state index contributed by atoms with van der Waals surface area (Å²) in [7, 11) is 0. The highest BCUT2D eigenvalue weighted by molar-refractivity contribution is 5.76. The molecule has 2 unspecified atom stereocenters. The Morgan fingerprint density at radius 3 is 1.11 bits per heavy atom. The van der Waals surface area contributed by atoms with Gasteiger partial charge in [0.15, 0.2) is 0 Å². The molecule has 0 spiro atoms. The number of aliphatic hydroxyl groups excluding tert-OH is 2. The van der Waals surface area contributed by atoms with Gasteiger partial charge in [-0.15, -0.1) is 0 Å². The van der Waals surface area contributed by atoms with Crippen molar-refractivity contribution in [2.45, 2.75) is 373 Å². The van der Waals surface area contributed by atoms with Gasteiger partial charge in [-0.2, -0.15) is 0 Å². The van der Waals surface area contributed by atoms with Crippen molar-refractivity contribution in [3.8, 4) is 0 Å². The third-order valence-corrected chi connectivity index (χ3v) is 15.2. The molecule has 0 fully saturated rings. The van der Waals surface area contributed by atoms with Crippen LogP contribution in [-0.4, -0.2) is 47.4 Å². The van der Waals surface area contributed by atoms with E-state index in [0.717, 1.165) is 51.4 Å². The quantitative estimate of drug-likeness (QED) is 0.0320. The molecule has 0 aromatic carbocycles. The number of allylic oxidation sites excluding steroid dienone is 4. The minimum atomic E-state index is -0.667. The van der Waals surface area contributed by atoms with E-state index < -0.39 is 12.1 Å². The van der Waals surface area contributed by atoms with Crippen molar-refractivity contribution in [3.05, 3.63) is 24.3 Å². The van der Waals surface area contributed by atoms with Crippen LogP contribution < -0.4 is 5.32 Å². The minimum Gasteiger partial charge on any atom is -0.466 e. The normalized spacial score (nSPS) is 12.7. The molecule has 3 N–H and O–H groups in total. The molecule has 0 aromatic rings. The summed E-state index contributed by atoms with van der Waals surface area (Å²) in [5.41, 5.74) is 0. The molecule has 0 aliphatic carbocycles. The van der Waals surface area contributed by atoms with Crippen LogP contribution >= 0.6 is 0 Å². The molecule has 0 rings (SSSR count). The molecule has 0 saturated carbocycles. The van der Waals surface area contributed by atoms with Crippen LogP contribution in [0.1, 0.15) is 361 Å². The zero-order valence-electron chi connectivity index (χ0n) is 48.7. The van der Waals surface area contributed by atoms with Crippen molar-refractivity contribution >= 4 is 11.9 Å². The molecule has 1 amide bonds. The maximum absolute atomic E-state index is 12.5. The molecule has 2 atom stereocenters. The van der Waals surface area contributed by atoms with Crippen LogP contribution in [0.25, 0.3) is 0 Å². The Labute approximate surface area is 450 Å². The lowest BCUT2D eigenvalue weighted by Gasteiger charge is -2.22. The third kappa shape index (κ3) is 57.6. The molecule has 0 radical (unpaired) electrons. The largest absolute Gasteiger partial charge is 0.466 e. The summed E-state index contributed by atoms with van der Waals surface area (Å²) in [6.07, 6.45) is 76.2. The number of esters is 1. The maximum atomic E-state index is 12.5. The minimum absolute atomic E-state index is 0.00399. The van der Waals surface area contributed by atoms with E-state index in [0.29, 0.717) is 25.9 Å². The highest BCUT2D eigenvalue weighted by Crippen LogP contribution is 2.19. The maximum Gasteiger partial charge on any atom is 0.305 e. The number of nitrogens with one attached hydrogen (secondary N) is 1. The molecular weight excluding hydrogens is 887 g/mol. The summed E-state index contributed by atoms with van der Waals surface area (Å²) in [6.45, 7) is 4.91. The fourth-order valence-electron chi connectivity index (χ4n) is 10.3. The Balaban J connectivity index is 3.40. The van der Waals surface area contributed by atoms with Gasteiger partial charge < -0.3 is 20.3 Å². The summed E-state index contributed by atoms with van der Waals surface area (Å²) in [6, 6.07) is -0.544. The van der Waals surface area contributed by atoms with Gasteiger partial charge >= 0.3 is 5.97 Å². The van der Waals surface area contributed by atoms with Crippen LogP contribution in [0.5, 0.6) is 0 Å². The summed E-state index contributed by atoms with van der Waals surface area (Å²) in [5, 5.41) is 23.4. The van der Waals surface area contributed by atoms with E-state index >= 15 is 0 Å². The van der Waals surface area contributed by atoms with Gasteiger partial charge in [0.25, 0.3) is 0 Å². The van der Waals surface area contributed by atoms with Gasteiger partial charge in [-0.25, -0.2) is 0 Å². The zero-order valence-corrected chi connectivity index (χ0v) is 48.7. The fraction of sp³-hybridized carbons (Fsp3) is 0.909. The second-order valence-electron chi connectivity index (χ2n) is 22.5. The number of unbranched alkanes of at least 4 members (excludes halogenated alkanes) is 46. The summed E-state index contributed by atoms with van der Waals surface area (Å²) in [5.74, 6) is -0.0372. The first-order valence-corrected chi connectivity index (χ1v) is 32.6. The van der Waals surface area contributed by atoms with Crippen molar-refractivity contribution in [3.63, 3.8) is 0 Å². The highest BCUT2D eigenvalue weighted by atomic mass is 16.5. The molecule has 0 aliphatic heterocycles. The van der Waals surface area contributed by atoms with Crippen LogP contribution in [0.2, 0.25) is 0 Å². The van der Waals surface area contributed by atoms with E-state index in [9.17, 15) is 19.8 Å². The van der Waals surface area contributed by atoms with Gasteiger partial charge in [0.05, 0.1) is 25.4 Å². The number of hydrogen-bond donors (Lipinski definition) is 3. The first-order valence-electron chi connectivity index (χ1n) is 32.6. The average Bonchev–Trinajstić information content (AvgIpc) is 3.38. The zero-order chi connectivity index (χ0) is 52.2.